The molecule has 2 N–H and O–H groups in total. The van der Waals surface area contributed by atoms with Crippen molar-refractivity contribution in [2.75, 3.05) is 0 Å². The number of carbonyl (C=O) groups is 3. The van der Waals surface area contributed by atoms with Gasteiger partial charge in [0, 0.05) is 45.9 Å². The molecule has 0 radical (unpaired) electrons. The molecule has 0 bridgehead atoms. The largest absolute Gasteiger partial charge is 0.460 e. The number of nitrogens with one attached hydrogen (secondary N) is 2. The van der Waals surface area contributed by atoms with Crippen LogP contribution in [0.2, 0.25) is 0 Å². The van der Waals surface area contributed by atoms with Gasteiger partial charge in [0.05, 0.1) is 28.2 Å². The van der Waals surface area contributed by atoms with Crippen LogP contribution >= 0.6 is 0 Å². The summed E-state index contributed by atoms with van der Waals surface area (Å²) in [6, 6.07) is 15.4. The number of imide groups is 1. The quantitative estimate of drug-likeness (QED) is 0.256. The molecule has 3 aliphatic rings. The molecule has 1 unspecified atom stereocenters. The van der Waals surface area contributed by atoms with E-state index in [2.05, 4.69) is 14.9 Å². The second-order valence-corrected chi connectivity index (χ2v) is 11.1. The molecular formula is C30H25N3O6. The van der Waals surface area contributed by atoms with E-state index >= 15 is 0 Å². The normalized spacial score (nSPS) is 25.6. The van der Waals surface area contributed by atoms with Crippen LogP contribution in [0, 0.1) is 0 Å². The van der Waals surface area contributed by atoms with Crippen LogP contribution in [0.3, 0.4) is 0 Å². The number of nitrogens with zero attached hydrogens (tertiary/aromatic N) is 1. The third-order valence-corrected chi connectivity index (χ3v) is 8.32. The maximum atomic E-state index is 13.4. The first-order valence-corrected chi connectivity index (χ1v) is 13.1. The van der Waals surface area contributed by atoms with Crippen molar-refractivity contribution in [3.8, 4) is 0 Å². The lowest BCUT2D eigenvalue weighted by atomic mass is 9.96. The molecule has 3 aromatic carbocycles. The standard InChI is InChI=1S/C30H25N3O6/c1-13(34)37-19-12-18(26-27(19)39-30(2,3)38-26)33-17-11-7-5-9-15(17)21-23-22(28(35)32-29(23)36)20-14-8-4-6-10-16(14)31-24(20)25(21)33/h4-11,18-19,26-27,31H,12H2,1-3H3,(H,32,35,36)/t18?,19-,26-,27+/m0/s1. The van der Waals surface area contributed by atoms with Gasteiger partial charge in [-0.2, -0.15) is 0 Å². The van der Waals surface area contributed by atoms with Crippen LogP contribution in [0.15, 0.2) is 48.5 Å². The van der Waals surface area contributed by atoms with E-state index in [0.29, 0.717) is 22.9 Å². The number of amides is 2. The van der Waals surface area contributed by atoms with Gasteiger partial charge in [0.25, 0.3) is 11.8 Å². The number of rotatable bonds is 2. The molecule has 9 heteroatoms. The minimum atomic E-state index is -0.852. The van der Waals surface area contributed by atoms with Crippen molar-refractivity contribution in [2.24, 2.45) is 0 Å². The van der Waals surface area contributed by atoms with E-state index < -0.39 is 35.9 Å². The van der Waals surface area contributed by atoms with E-state index in [-0.39, 0.29) is 12.0 Å². The molecule has 4 heterocycles. The molecule has 1 saturated heterocycles. The molecule has 2 aromatic heterocycles. The van der Waals surface area contributed by atoms with Gasteiger partial charge in [-0.25, -0.2) is 0 Å². The molecule has 1 aliphatic carbocycles. The summed E-state index contributed by atoms with van der Waals surface area (Å²) in [7, 11) is 0. The fourth-order valence-electron chi connectivity index (χ4n) is 7.11. The Balaban J connectivity index is 1.52. The van der Waals surface area contributed by atoms with Crippen LogP contribution < -0.4 is 5.32 Å². The third-order valence-electron chi connectivity index (χ3n) is 8.32. The van der Waals surface area contributed by atoms with Gasteiger partial charge < -0.3 is 23.8 Å². The first kappa shape index (κ1) is 22.7. The van der Waals surface area contributed by atoms with Crippen LogP contribution in [0.4, 0.5) is 0 Å². The summed E-state index contributed by atoms with van der Waals surface area (Å²) in [5.41, 5.74) is 4.13. The molecule has 2 amide bonds. The smallest absolute Gasteiger partial charge is 0.302 e. The van der Waals surface area contributed by atoms with E-state index in [9.17, 15) is 14.4 Å². The second kappa shape index (κ2) is 7.46. The summed E-state index contributed by atoms with van der Waals surface area (Å²) >= 11 is 0. The average molecular weight is 524 g/mol. The zero-order valence-electron chi connectivity index (χ0n) is 21.5. The molecule has 9 nitrogen and oxygen atoms in total. The molecule has 2 aliphatic heterocycles. The van der Waals surface area contributed by atoms with Gasteiger partial charge in [-0.15, -0.1) is 0 Å². The lowest BCUT2D eigenvalue weighted by Crippen LogP contribution is -2.32. The zero-order valence-corrected chi connectivity index (χ0v) is 21.5. The first-order chi connectivity index (χ1) is 18.7. The number of carbonyl (C=O) groups excluding carboxylic acids is 3. The number of hydrogen-bond acceptors (Lipinski definition) is 6. The van der Waals surface area contributed by atoms with E-state index in [1.54, 1.807) is 0 Å². The van der Waals surface area contributed by atoms with Crippen molar-refractivity contribution in [2.45, 2.75) is 57.3 Å². The van der Waals surface area contributed by atoms with Crippen LogP contribution in [0.25, 0.3) is 43.6 Å². The van der Waals surface area contributed by atoms with Crippen molar-refractivity contribution >= 4 is 61.4 Å². The minimum Gasteiger partial charge on any atom is -0.460 e. The molecule has 0 spiro atoms. The van der Waals surface area contributed by atoms with E-state index in [1.807, 2.05) is 62.4 Å². The summed E-state index contributed by atoms with van der Waals surface area (Å²) in [6.07, 6.45) is -0.856. The number of H-pyrrole nitrogens is 1. The third kappa shape index (κ3) is 2.94. The number of hydrogen-bond donors (Lipinski definition) is 2. The maximum Gasteiger partial charge on any atom is 0.302 e. The summed E-state index contributed by atoms with van der Waals surface area (Å²) in [4.78, 5) is 42.1. The molecule has 8 rings (SSSR count). The number of aromatic amines is 1. The molecule has 196 valence electrons. The Morgan fingerprint density at radius 2 is 1.62 bits per heavy atom. The molecular weight excluding hydrogens is 498 g/mol. The highest BCUT2D eigenvalue weighted by molar-refractivity contribution is 6.39. The molecule has 5 aromatic rings. The van der Waals surface area contributed by atoms with Gasteiger partial charge in [-0.05, 0) is 26.0 Å². The predicted octanol–water partition coefficient (Wildman–Crippen LogP) is 4.71. The highest BCUT2D eigenvalue weighted by atomic mass is 16.8. The summed E-state index contributed by atoms with van der Waals surface area (Å²) < 4.78 is 20.6. The van der Waals surface area contributed by atoms with Crippen LogP contribution in [0.1, 0.15) is 53.9 Å². The van der Waals surface area contributed by atoms with Gasteiger partial charge in [-0.3, -0.25) is 19.7 Å². The molecule has 1 saturated carbocycles. The Hall–Kier alpha value is -4.21. The zero-order chi connectivity index (χ0) is 26.8. The van der Waals surface area contributed by atoms with Crippen molar-refractivity contribution < 1.29 is 28.6 Å². The Bertz CT molecular complexity index is 1930. The SMILES string of the molecule is CC(=O)O[C@H]1CC(n2c3ccccc3c3c4c(c5c6ccccc6[nH]c5c32)C(=O)NC4=O)[C@@H]2OC(C)(C)O[C@H]12. The van der Waals surface area contributed by atoms with Crippen molar-refractivity contribution in [3.05, 3.63) is 59.7 Å². The molecule has 39 heavy (non-hydrogen) atoms. The fraction of sp³-hybridized carbons (Fsp3) is 0.300. The van der Waals surface area contributed by atoms with Crippen molar-refractivity contribution in [3.63, 3.8) is 0 Å². The molecule has 2 fully saturated rings. The van der Waals surface area contributed by atoms with E-state index in [0.717, 1.165) is 38.2 Å². The first-order valence-electron chi connectivity index (χ1n) is 13.1. The van der Waals surface area contributed by atoms with Crippen LogP contribution in [0.5, 0.6) is 0 Å². The number of ether oxygens (including phenoxy) is 3. The summed E-state index contributed by atoms with van der Waals surface area (Å²) in [5, 5.41) is 5.70. The van der Waals surface area contributed by atoms with Gasteiger partial charge in [0.1, 0.15) is 18.3 Å². The Kier molecular flexibility index (Phi) is 4.35. The van der Waals surface area contributed by atoms with Crippen LogP contribution in [-0.4, -0.2) is 51.4 Å². The van der Waals surface area contributed by atoms with Crippen molar-refractivity contribution in [1.82, 2.24) is 14.9 Å². The monoisotopic (exact) mass is 523 g/mol. The van der Waals surface area contributed by atoms with E-state index in [1.165, 1.54) is 6.92 Å². The average Bonchev–Trinajstić information content (AvgIpc) is 3.65. The number of aromatic nitrogens is 2. The van der Waals surface area contributed by atoms with Gasteiger partial charge in [-0.1, -0.05) is 36.4 Å². The van der Waals surface area contributed by atoms with Crippen molar-refractivity contribution in [1.29, 1.82) is 0 Å². The number of benzene rings is 3. The number of para-hydroxylation sites is 2. The summed E-state index contributed by atoms with van der Waals surface area (Å²) in [5.74, 6) is -2.02. The molecule has 4 atom stereocenters. The topological polar surface area (TPSA) is 112 Å². The van der Waals surface area contributed by atoms with Gasteiger partial charge in [0.2, 0.25) is 0 Å². The Morgan fingerprint density at radius 1 is 0.949 bits per heavy atom. The van der Waals surface area contributed by atoms with Crippen LogP contribution in [-0.2, 0) is 19.0 Å². The van der Waals surface area contributed by atoms with Gasteiger partial charge in [0.15, 0.2) is 5.79 Å². The Labute approximate surface area is 222 Å². The lowest BCUT2D eigenvalue weighted by Gasteiger charge is -2.25. The summed E-state index contributed by atoms with van der Waals surface area (Å²) in [6.45, 7) is 5.12. The van der Waals surface area contributed by atoms with Gasteiger partial charge >= 0.3 is 5.97 Å². The predicted molar refractivity (Wildman–Crippen MR) is 144 cm³/mol. The second-order valence-electron chi connectivity index (χ2n) is 11.1. The number of fused-ring (bicyclic) bond motifs is 11. The maximum absolute atomic E-state index is 13.4. The lowest BCUT2D eigenvalue weighted by molar-refractivity contribution is -0.176. The number of esters is 1. The fourth-order valence-corrected chi connectivity index (χ4v) is 7.11. The minimum absolute atomic E-state index is 0.267. The highest BCUT2D eigenvalue weighted by Gasteiger charge is 2.56. The Morgan fingerprint density at radius 3 is 2.38 bits per heavy atom. The highest BCUT2D eigenvalue weighted by Crippen LogP contribution is 2.50. The van der Waals surface area contributed by atoms with E-state index in [4.69, 9.17) is 14.2 Å².